The Morgan fingerprint density at radius 1 is 1.47 bits per heavy atom. The molecule has 0 radical (unpaired) electrons. The average Bonchev–Trinajstić information content (AvgIpc) is 2.32. The maximum absolute atomic E-state index is 11.7. The van der Waals surface area contributed by atoms with E-state index in [4.69, 9.17) is 10.5 Å². The third-order valence-corrected chi connectivity index (χ3v) is 3.33. The zero-order valence-electron chi connectivity index (χ0n) is 11.1. The number of ether oxygens (including phenoxy) is 1. The SMILES string of the molecule is COCC(N)C(=O)NC(C)Cc1ccccc1Br.Cl. The first-order valence-corrected chi connectivity index (χ1v) is 6.62. The summed E-state index contributed by atoms with van der Waals surface area (Å²) in [5.41, 5.74) is 6.81. The Bertz CT molecular complexity index is 404. The number of nitrogens with one attached hydrogen (secondary N) is 1. The number of nitrogens with two attached hydrogens (primary N) is 1. The van der Waals surface area contributed by atoms with Gasteiger partial charge in [0.2, 0.25) is 5.91 Å². The monoisotopic (exact) mass is 350 g/mol. The van der Waals surface area contributed by atoms with Gasteiger partial charge in [-0.2, -0.15) is 0 Å². The quantitative estimate of drug-likeness (QED) is 0.822. The van der Waals surface area contributed by atoms with Crippen molar-refractivity contribution in [2.24, 2.45) is 5.73 Å². The third-order valence-electron chi connectivity index (χ3n) is 2.56. The summed E-state index contributed by atoms with van der Waals surface area (Å²) in [6, 6.07) is 7.37. The topological polar surface area (TPSA) is 64.3 Å². The van der Waals surface area contributed by atoms with Crippen LogP contribution < -0.4 is 11.1 Å². The van der Waals surface area contributed by atoms with Crippen LogP contribution in [0.5, 0.6) is 0 Å². The van der Waals surface area contributed by atoms with Crippen molar-refractivity contribution in [3.8, 4) is 0 Å². The Morgan fingerprint density at radius 2 is 2.11 bits per heavy atom. The largest absolute Gasteiger partial charge is 0.383 e. The molecule has 0 fully saturated rings. The Morgan fingerprint density at radius 3 is 2.68 bits per heavy atom. The molecule has 4 nitrogen and oxygen atoms in total. The second-order valence-electron chi connectivity index (χ2n) is 4.27. The van der Waals surface area contributed by atoms with Crippen LogP contribution in [0.25, 0.3) is 0 Å². The van der Waals surface area contributed by atoms with E-state index < -0.39 is 6.04 Å². The molecule has 1 rings (SSSR count). The highest BCUT2D eigenvalue weighted by Gasteiger charge is 2.16. The van der Waals surface area contributed by atoms with E-state index >= 15 is 0 Å². The van der Waals surface area contributed by atoms with Gasteiger partial charge in [0.15, 0.2) is 0 Å². The van der Waals surface area contributed by atoms with Gasteiger partial charge in [0, 0.05) is 17.6 Å². The third kappa shape index (κ3) is 6.38. The Balaban J connectivity index is 0.00000324. The lowest BCUT2D eigenvalue weighted by Crippen LogP contribution is -2.47. The minimum atomic E-state index is -0.614. The maximum atomic E-state index is 11.7. The van der Waals surface area contributed by atoms with Crippen LogP contribution in [0.4, 0.5) is 0 Å². The normalized spacial score (nSPS) is 13.3. The molecule has 6 heteroatoms. The van der Waals surface area contributed by atoms with Crippen molar-refractivity contribution in [1.82, 2.24) is 5.32 Å². The molecule has 0 spiro atoms. The lowest BCUT2D eigenvalue weighted by atomic mass is 10.1. The number of methoxy groups -OCH3 is 1. The van der Waals surface area contributed by atoms with E-state index in [-0.39, 0.29) is 31.0 Å². The van der Waals surface area contributed by atoms with Gasteiger partial charge in [-0.3, -0.25) is 4.79 Å². The number of hydrogen-bond acceptors (Lipinski definition) is 3. The van der Waals surface area contributed by atoms with E-state index in [9.17, 15) is 4.79 Å². The fourth-order valence-electron chi connectivity index (χ4n) is 1.65. The minimum absolute atomic E-state index is 0. The molecular formula is C13H20BrClN2O2. The van der Waals surface area contributed by atoms with Crippen LogP contribution >= 0.6 is 28.3 Å². The maximum Gasteiger partial charge on any atom is 0.239 e. The van der Waals surface area contributed by atoms with E-state index in [0.717, 1.165) is 16.5 Å². The highest BCUT2D eigenvalue weighted by atomic mass is 79.9. The molecule has 1 aromatic carbocycles. The number of amides is 1. The predicted molar refractivity (Wildman–Crippen MR) is 82.6 cm³/mol. The van der Waals surface area contributed by atoms with Crippen molar-refractivity contribution >= 4 is 34.2 Å². The van der Waals surface area contributed by atoms with Gasteiger partial charge < -0.3 is 15.8 Å². The van der Waals surface area contributed by atoms with Crippen molar-refractivity contribution < 1.29 is 9.53 Å². The van der Waals surface area contributed by atoms with Gasteiger partial charge in [0.05, 0.1) is 6.61 Å². The van der Waals surface area contributed by atoms with E-state index in [1.165, 1.54) is 7.11 Å². The molecule has 0 saturated carbocycles. The van der Waals surface area contributed by atoms with Gasteiger partial charge in [0.1, 0.15) is 6.04 Å². The molecular weight excluding hydrogens is 332 g/mol. The highest BCUT2D eigenvalue weighted by Crippen LogP contribution is 2.17. The molecule has 0 aliphatic rings. The molecule has 1 aromatic rings. The molecule has 19 heavy (non-hydrogen) atoms. The van der Waals surface area contributed by atoms with E-state index in [1.807, 2.05) is 31.2 Å². The summed E-state index contributed by atoms with van der Waals surface area (Å²) in [6.45, 7) is 2.18. The van der Waals surface area contributed by atoms with Crippen molar-refractivity contribution in [1.29, 1.82) is 0 Å². The highest BCUT2D eigenvalue weighted by molar-refractivity contribution is 9.10. The first kappa shape index (κ1) is 18.4. The Hall–Kier alpha value is -0.620. The zero-order chi connectivity index (χ0) is 13.5. The number of hydrogen-bond donors (Lipinski definition) is 2. The van der Waals surface area contributed by atoms with Crippen LogP contribution in [0.15, 0.2) is 28.7 Å². The van der Waals surface area contributed by atoms with Gasteiger partial charge in [-0.05, 0) is 25.0 Å². The van der Waals surface area contributed by atoms with Crippen LogP contribution in [-0.2, 0) is 16.0 Å². The molecule has 0 aromatic heterocycles. The fourth-order valence-corrected chi connectivity index (χ4v) is 2.10. The summed E-state index contributed by atoms with van der Waals surface area (Å²) in [6.07, 6.45) is 0.757. The number of benzene rings is 1. The van der Waals surface area contributed by atoms with Crippen LogP contribution in [0, 0.1) is 0 Å². The van der Waals surface area contributed by atoms with Crippen LogP contribution in [0.2, 0.25) is 0 Å². The second kappa shape index (κ2) is 9.31. The van der Waals surface area contributed by atoms with E-state index in [0.29, 0.717) is 0 Å². The van der Waals surface area contributed by atoms with Crippen molar-refractivity contribution in [2.75, 3.05) is 13.7 Å². The first-order valence-electron chi connectivity index (χ1n) is 5.83. The average molecular weight is 352 g/mol. The lowest BCUT2D eigenvalue weighted by molar-refractivity contribution is -0.124. The molecule has 108 valence electrons. The van der Waals surface area contributed by atoms with E-state index in [2.05, 4.69) is 21.2 Å². The number of halogens is 2. The summed E-state index contributed by atoms with van der Waals surface area (Å²) in [5, 5.41) is 2.88. The standard InChI is InChI=1S/C13H19BrN2O2.ClH/c1-9(16-13(17)12(15)8-18-2)7-10-5-3-4-6-11(10)14;/h3-6,9,12H,7-8,15H2,1-2H3,(H,16,17);1H. The van der Waals surface area contributed by atoms with Gasteiger partial charge in [0.25, 0.3) is 0 Å². The molecule has 0 aliphatic heterocycles. The second-order valence-corrected chi connectivity index (χ2v) is 5.12. The molecule has 3 N–H and O–H groups in total. The van der Waals surface area contributed by atoms with Gasteiger partial charge >= 0.3 is 0 Å². The predicted octanol–water partition coefficient (Wildman–Crippen LogP) is 1.89. The van der Waals surface area contributed by atoms with Crippen molar-refractivity contribution in [3.05, 3.63) is 34.3 Å². The summed E-state index contributed by atoms with van der Waals surface area (Å²) in [5.74, 6) is -0.184. The van der Waals surface area contributed by atoms with Gasteiger partial charge in [-0.1, -0.05) is 34.1 Å². The summed E-state index contributed by atoms with van der Waals surface area (Å²) in [7, 11) is 1.53. The first-order chi connectivity index (χ1) is 8.54. The lowest BCUT2D eigenvalue weighted by Gasteiger charge is -2.17. The van der Waals surface area contributed by atoms with Gasteiger partial charge in [-0.15, -0.1) is 12.4 Å². The molecule has 2 unspecified atom stereocenters. The number of carbonyl (C=O) groups excluding carboxylic acids is 1. The Labute approximate surface area is 128 Å². The van der Waals surface area contributed by atoms with Crippen LogP contribution in [-0.4, -0.2) is 31.7 Å². The van der Waals surface area contributed by atoms with Crippen LogP contribution in [0.3, 0.4) is 0 Å². The zero-order valence-corrected chi connectivity index (χ0v) is 13.5. The smallest absolute Gasteiger partial charge is 0.239 e. The van der Waals surface area contributed by atoms with Crippen molar-refractivity contribution in [2.45, 2.75) is 25.4 Å². The fraction of sp³-hybridized carbons (Fsp3) is 0.462. The molecule has 2 atom stereocenters. The number of rotatable bonds is 6. The van der Waals surface area contributed by atoms with E-state index in [1.54, 1.807) is 0 Å². The molecule has 0 bridgehead atoms. The van der Waals surface area contributed by atoms with Crippen molar-refractivity contribution in [3.63, 3.8) is 0 Å². The minimum Gasteiger partial charge on any atom is -0.383 e. The summed E-state index contributed by atoms with van der Waals surface area (Å²) in [4.78, 5) is 11.7. The molecule has 0 heterocycles. The molecule has 0 saturated heterocycles. The molecule has 1 amide bonds. The summed E-state index contributed by atoms with van der Waals surface area (Å²) >= 11 is 3.49. The Kier molecular flexibility index (Phi) is 9.01. The molecule has 0 aliphatic carbocycles. The van der Waals surface area contributed by atoms with Gasteiger partial charge in [-0.25, -0.2) is 0 Å². The summed E-state index contributed by atoms with van der Waals surface area (Å²) < 4.78 is 5.90. The van der Waals surface area contributed by atoms with Crippen LogP contribution in [0.1, 0.15) is 12.5 Å². The number of carbonyl (C=O) groups is 1.